The molecular formula is C57H68Cl4F2N6Na2O11. The maximum atomic E-state index is 13.7. The van der Waals surface area contributed by atoms with Gasteiger partial charge in [-0.1, -0.05) is 78.9 Å². The number of nitrogens with zero attached hydrogens (tertiary/aromatic N) is 2. The third kappa shape index (κ3) is 29.2. The first-order valence-corrected chi connectivity index (χ1v) is 27.5. The molecule has 4 atom stereocenters. The SMILES string of the molecule is CCOC(=O)C(Cc1ccc(F)cc1)NC(=O)C(Cc1cccc(N(CCCl)CCCl)c1)NC(=O)OCc1ccccc1.CCOC(=O)C(Cc1ccc(F)cc1)NC(=O)C(N)Cc1cccc(N(CCCl)CCCl)c1.O=CO[O-].[H-].[Na+].[Na+]. The van der Waals surface area contributed by atoms with E-state index in [1.165, 1.54) is 36.4 Å². The molecule has 25 heteroatoms. The number of nitrogens with one attached hydrogen (secondary N) is 3. The van der Waals surface area contributed by atoms with Crippen molar-refractivity contribution in [2.75, 3.05) is 72.7 Å². The van der Waals surface area contributed by atoms with Gasteiger partial charge in [-0.2, -0.15) is 0 Å². The third-order valence-corrected chi connectivity index (χ3v) is 12.2. The van der Waals surface area contributed by atoms with Crippen molar-refractivity contribution in [3.8, 4) is 0 Å². The van der Waals surface area contributed by atoms with Crippen molar-refractivity contribution >= 4 is 94.1 Å². The molecule has 5 rings (SSSR count). The van der Waals surface area contributed by atoms with E-state index in [1.54, 1.807) is 26.0 Å². The number of benzene rings is 5. The van der Waals surface area contributed by atoms with E-state index in [0.717, 1.165) is 28.1 Å². The van der Waals surface area contributed by atoms with Crippen LogP contribution in [-0.4, -0.2) is 123 Å². The number of halogens is 6. The van der Waals surface area contributed by atoms with Crippen molar-refractivity contribution in [3.05, 3.63) is 167 Å². The third-order valence-electron chi connectivity index (χ3n) is 11.5. The van der Waals surface area contributed by atoms with Crippen LogP contribution >= 0.6 is 46.4 Å². The minimum absolute atomic E-state index is 0. The van der Waals surface area contributed by atoms with Crippen molar-refractivity contribution in [1.29, 1.82) is 0 Å². The van der Waals surface area contributed by atoms with Gasteiger partial charge in [0.15, 0.2) is 0 Å². The molecule has 5 aromatic rings. The first-order chi connectivity index (χ1) is 38.6. The van der Waals surface area contributed by atoms with E-state index in [-0.39, 0.29) is 118 Å². The summed E-state index contributed by atoms with van der Waals surface area (Å²) in [6, 6.07) is 31.7. The Labute approximate surface area is 543 Å². The summed E-state index contributed by atoms with van der Waals surface area (Å²) in [4.78, 5) is 79.8. The molecule has 0 radical (unpaired) electrons. The van der Waals surface area contributed by atoms with Gasteiger partial charge in [0, 0.05) is 80.3 Å². The number of rotatable bonds is 30. The van der Waals surface area contributed by atoms with Crippen LogP contribution in [0.1, 0.15) is 43.1 Å². The number of hydrogen-bond donors (Lipinski definition) is 4. The number of carbonyl (C=O) groups is 6. The molecule has 5 aromatic carbocycles. The minimum atomic E-state index is -1.10. The number of alkyl halides is 4. The molecule has 0 aliphatic carbocycles. The Balaban J connectivity index is 0.00000151. The average molecular weight is 1240 g/mol. The molecule has 0 spiro atoms. The first kappa shape index (κ1) is 75.3. The summed E-state index contributed by atoms with van der Waals surface area (Å²) in [6.07, 6.45) is -0.184. The zero-order valence-electron chi connectivity index (χ0n) is 47.3. The molecule has 3 amide bonds. The number of amides is 3. The number of esters is 2. The van der Waals surface area contributed by atoms with Gasteiger partial charge >= 0.3 is 77.1 Å². The second kappa shape index (κ2) is 43.8. The van der Waals surface area contributed by atoms with Gasteiger partial charge in [-0.15, -0.1) is 46.4 Å². The molecule has 0 fully saturated rings. The summed E-state index contributed by atoms with van der Waals surface area (Å²) in [5, 5.41) is 16.5. The normalized spacial score (nSPS) is 11.7. The quantitative estimate of drug-likeness (QED) is 0.00960. The van der Waals surface area contributed by atoms with E-state index < -0.39 is 59.8 Å². The van der Waals surface area contributed by atoms with Gasteiger partial charge in [0.05, 0.1) is 19.3 Å². The second-order valence-electron chi connectivity index (χ2n) is 17.3. The molecule has 82 heavy (non-hydrogen) atoms. The van der Waals surface area contributed by atoms with Gasteiger partial charge < -0.3 is 57.3 Å². The average Bonchev–Trinajstić information content (AvgIpc) is 3.45. The monoisotopic (exact) mass is 1240 g/mol. The summed E-state index contributed by atoms with van der Waals surface area (Å²) in [7, 11) is 0. The molecule has 0 saturated heterocycles. The predicted octanol–water partition coefficient (Wildman–Crippen LogP) is 1.06. The first-order valence-electron chi connectivity index (χ1n) is 25.4. The Hall–Kier alpha value is -4.74. The van der Waals surface area contributed by atoms with Crippen LogP contribution in [0, 0.1) is 11.6 Å². The Kier molecular flexibility index (Phi) is 40.2. The molecule has 0 heterocycles. The molecule has 0 aliphatic rings. The zero-order chi connectivity index (χ0) is 58.7. The Morgan fingerprint density at radius 1 is 0.549 bits per heavy atom. The van der Waals surface area contributed by atoms with E-state index in [9.17, 15) is 32.8 Å². The molecule has 5 N–H and O–H groups in total. The summed E-state index contributed by atoms with van der Waals surface area (Å²) in [5.41, 5.74) is 11.7. The molecule has 4 unspecified atom stereocenters. The van der Waals surface area contributed by atoms with E-state index in [4.69, 9.17) is 76.4 Å². The summed E-state index contributed by atoms with van der Waals surface area (Å²) in [5.74, 6) is -1.35. The number of carbonyl (C=O) groups excluding carboxylic acids is 6. The van der Waals surface area contributed by atoms with Crippen molar-refractivity contribution in [2.24, 2.45) is 5.73 Å². The summed E-state index contributed by atoms with van der Waals surface area (Å²) < 4.78 is 42.3. The van der Waals surface area contributed by atoms with Crippen LogP contribution in [0.3, 0.4) is 0 Å². The number of hydrogen-bond acceptors (Lipinski definition) is 14. The Bertz CT molecular complexity index is 2640. The van der Waals surface area contributed by atoms with E-state index >= 15 is 0 Å². The van der Waals surface area contributed by atoms with Crippen LogP contribution < -0.4 is 95.9 Å². The largest absolute Gasteiger partial charge is 1.00 e. The van der Waals surface area contributed by atoms with Gasteiger partial charge in [-0.3, -0.25) is 14.4 Å². The maximum absolute atomic E-state index is 13.7. The van der Waals surface area contributed by atoms with E-state index in [2.05, 4.69) is 25.7 Å². The maximum Gasteiger partial charge on any atom is 1.00 e. The smallest absolute Gasteiger partial charge is 1.00 e. The van der Waals surface area contributed by atoms with Crippen molar-refractivity contribution in [2.45, 2.75) is 70.3 Å². The second-order valence-corrected chi connectivity index (χ2v) is 18.8. The van der Waals surface area contributed by atoms with Gasteiger partial charge in [0.25, 0.3) is 6.47 Å². The van der Waals surface area contributed by atoms with Crippen molar-refractivity contribution < 1.29 is 122 Å². The fourth-order valence-corrected chi connectivity index (χ4v) is 8.56. The molecule has 0 aliphatic heterocycles. The van der Waals surface area contributed by atoms with Crippen molar-refractivity contribution in [1.82, 2.24) is 16.0 Å². The Morgan fingerprint density at radius 2 is 0.939 bits per heavy atom. The molecule has 0 saturated carbocycles. The number of ether oxygens (including phenoxy) is 3. The van der Waals surface area contributed by atoms with E-state index in [1.807, 2.05) is 83.8 Å². The van der Waals surface area contributed by atoms with Crippen LogP contribution in [-0.2, 0) is 75.4 Å². The van der Waals surface area contributed by atoms with Crippen molar-refractivity contribution in [3.63, 3.8) is 0 Å². The van der Waals surface area contributed by atoms with Gasteiger partial charge in [0.2, 0.25) is 11.8 Å². The topological polar surface area (TPSA) is 231 Å². The molecule has 0 aromatic heterocycles. The molecular weight excluding hydrogens is 1170 g/mol. The van der Waals surface area contributed by atoms with Crippen LogP contribution in [0.25, 0.3) is 0 Å². The van der Waals surface area contributed by atoms with Crippen LogP contribution in [0.2, 0.25) is 0 Å². The standard InChI is InChI=1S/C32H36Cl2FN3O5.C24H30Cl2FN3O3.CH2O3.2Na.H/c1-2-42-31(40)29(20-23-11-13-26(35)14-12-23)36-30(39)28(37-32(41)43-22-24-7-4-3-5-8-24)21-25-9-6-10-27(19-25)38(17-15-33)18-16-34;1-2-33-24(32)22(16-17-6-8-19(27)9-7-17)29-23(31)21(28)15-18-4-3-5-20(14-18)30(12-10-25)13-11-26;2-1-4-3;;;/h3-14,19,28-29H,2,15-18,20-22H2,1H3,(H,36,39)(H,37,41);3-9,14,21-22H,2,10-13,15-16,28H2,1H3,(H,29,31);1,3H;;;/q;;;2*+1;-1/p-1. The van der Waals surface area contributed by atoms with Crippen LogP contribution in [0.15, 0.2) is 127 Å². The fraction of sp³-hybridized carbons (Fsp3) is 0.368. The molecule has 436 valence electrons. The summed E-state index contributed by atoms with van der Waals surface area (Å²) >= 11 is 23.8. The fourth-order valence-electron chi connectivity index (χ4n) is 7.74. The minimum Gasteiger partial charge on any atom is -1.00 e. The number of anilines is 2. The van der Waals surface area contributed by atoms with Gasteiger partial charge in [-0.25, -0.2) is 23.2 Å². The van der Waals surface area contributed by atoms with E-state index in [0.29, 0.717) is 60.8 Å². The molecule has 17 nitrogen and oxygen atoms in total. The zero-order valence-corrected chi connectivity index (χ0v) is 53.4. The molecule has 0 bridgehead atoms. The summed E-state index contributed by atoms with van der Waals surface area (Å²) in [6.45, 7) is 5.91. The van der Waals surface area contributed by atoms with Gasteiger partial charge in [-0.05, 0) is 96.6 Å². The Morgan fingerprint density at radius 3 is 1.34 bits per heavy atom. The number of nitrogens with two attached hydrogens (primary N) is 1. The number of alkyl carbamates (subject to hydrolysis) is 1. The van der Waals surface area contributed by atoms with Crippen LogP contribution in [0.4, 0.5) is 25.0 Å². The van der Waals surface area contributed by atoms with Gasteiger partial charge in [0.1, 0.15) is 36.4 Å². The predicted molar refractivity (Wildman–Crippen MR) is 305 cm³/mol. The van der Waals surface area contributed by atoms with Crippen LogP contribution in [0.5, 0.6) is 0 Å².